The topological polar surface area (TPSA) is 57.2 Å². The normalized spacial score (nSPS) is 15.4. The maximum atomic E-state index is 4.79. The predicted octanol–water partition coefficient (Wildman–Crippen LogP) is 3.68. The molecule has 1 saturated heterocycles. The molecule has 1 unspecified atom stereocenters. The van der Waals surface area contributed by atoms with Gasteiger partial charge < -0.3 is 15.1 Å². The van der Waals surface area contributed by atoms with Gasteiger partial charge in [0.2, 0.25) is 5.95 Å². The van der Waals surface area contributed by atoms with E-state index < -0.39 is 0 Å². The fourth-order valence-corrected chi connectivity index (χ4v) is 3.49. The van der Waals surface area contributed by atoms with Gasteiger partial charge in [0.15, 0.2) is 0 Å². The number of rotatable bonds is 5. The van der Waals surface area contributed by atoms with Crippen molar-refractivity contribution < 1.29 is 0 Å². The van der Waals surface area contributed by atoms with Crippen LogP contribution in [0.3, 0.4) is 0 Å². The molecule has 6 heteroatoms. The van der Waals surface area contributed by atoms with Crippen LogP contribution in [0.25, 0.3) is 0 Å². The Morgan fingerprint density at radius 3 is 2.32 bits per heavy atom. The Kier molecular flexibility index (Phi) is 5.37. The molecule has 1 aliphatic rings. The van der Waals surface area contributed by atoms with Crippen molar-refractivity contribution in [2.24, 2.45) is 0 Å². The van der Waals surface area contributed by atoms with Gasteiger partial charge in [0.1, 0.15) is 11.6 Å². The van der Waals surface area contributed by atoms with Gasteiger partial charge in [0.05, 0.1) is 0 Å². The standard InChI is InChI=1S/C22H26N6/c1-17-16-20(25-18(2)19-8-4-3-5-9-19)26-22(24-17)28-14-12-27(13-15-28)21-10-6-7-11-23-21/h3-11,16,18H,12-15H2,1-2H3,(H,24,25,26). The van der Waals surface area contributed by atoms with Crippen molar-refractivity contribution >= 4 is 17.6 Å². The van der Waals surface area contributed by atoms with Crippen molar-refractivity contribution in [3.05, 3.63) is 72.1 Å². The summed E-state index contributed by atoms with van der Waals surface area (Å²) in [7, 11) is 0. The second kappa shape index (κ2) is 8.25. The lowest BCUT2D eigenvalue weighted by Crippen LogP contribution is -2.47. The van der Waals surface area contributed by atoms with Gasteiger partial charge in [-0.1, -0.05) is 36.4 Å². The summed E-state index contributed by atoms with van der Waals surface area (Å²) in [5.41, 5.74) is 2.21. The molecule has 0 spiro atoms. The molecule has 4 rings (SSSR count). The summed E-state index contributed by atoms with van der Waals surface area (Å²) >= 11 is 0. The van der Waals surface area contributed by atoms with Crippen LogP contribution in [0, 0.1) is 6.92 Å². The maximum absolute atomic E-state index is 4.79. The number of nitrogens with one attached hydrogen (secondary N) is 1. The average Bonchev–Trinajstić information content (AvgIpc) is 2.75. The van der Waals surface area contributed by atoms with Crippen molar-refractivity contribution in [3.63, 3.8) is 0 Å². The predicted molar refractivity (Wildman–Crippen MR) is 114 cm³/mol. The zero-order valence-corrected chi connectivity index (χ0v) is 16.4. The maximum Gasteiger partial charge on any atom is 0.227 e. The summed E-state index contributed by atoms with van der Waals surface area (Å²) < 4.78 is 0. The van der Waals surface area contributed by atoms with E-state index in [2.05, 4.69) is 62.3 Å². The number of piperazine rings is 1. The van der Waals surface area contributed by atoms with Crippen LogP contribution in [-0.4, -0.2) is 41.1 Å². The van der Waals surface area contributed by atoms with E-state index in [1.807, 2.05) is 37.4 Å². The van der Waals surface area contributed by atoms with E-state index in [1.54, 1.807) is 0 Å². The van der Waals surface area contributed by atoms with Crippen LogP contribution in [0.4, 0.5) is 17.6 Å². The summed E-state index contributed by atoms with van der Waals surface area (Å²) in [4.78, 5) is 18.5. The van der Waals surface area contributed by atoms with E-state index in [0.717, 1.165) is 49.5 Å². The molecule has 0 saturated carbocycles. The molecule has 6 nitrogen and oxygen atoms in total. The second-order valence-electron chi connectivity index (χ2n) is 7.13. The number of hydrogen-bond acceptors (Lipinski definition) is 6. The Labute approximate surface area is 166 Å². The highest BCUT2D eigenvalue weighted by Gasteiger charge is 2.20. The molecular formula is C22H26N6. The summed E-state index contributed by atoms with van der Waals surface area (Å²) in [5.74, 6) is 2.70. The van der Waals surface area contributed by atoms with E-state index in [1.165, 1.54) is 5.56 Å². The zero-order chi connectivity index (χ0) is 19.3. The van der Waals surface area contributed by atoms with Crippen LogP contribution in [0.1, 0.15) is 24.2 Å². The summed E-state index contributed by atoms with van der Waals surface area (Å²) in [6.45, 7) is 7.77. The number of pyridine rings is 1. The first-order valence-corrected chi connectivity index (χ1v) is 9.77. The lowest BCUT2D eigenvalue weighted by atomic mass is 10.1. The number of hydrogen-bond donors (Lipinski definition) is 1. The fourth-order valence-electron chi connectivity index (χ4n) is 3.49. The third-order valence-electron chi connectivity index (χ3n) is 5.04. The first kappa shape index (κ1) is 18.2. The zero-order valence-electron chi connectivity index (χ0n) is 16.4. The average molecular weight is 374 g/mol. The lowest BCUT2D eigenvalue weighted by Gasteiger charge is -2.35. The van der Waals surface area contributed by atoms with Crippen LogP contribution < -0.4 is 15.1 Å². The molecule has 3 aromatic rings. The summed E-state index contributed by atoms with van der Waals surface area (Å²) in [6, 6.07) is 18.6. The molecule has 1 fully saturated rings. The Hall–Kier alpha value is -3.15. The number of benzene rings is 1. The molecule has 0 amide bonds. The molecule has 1 N–H and O–H groups in total. The van der Waals surface area contributed by atoms with Crippen LogP contribution in [0.5, 0.6) is 0 Å². The third-order valence-corrected chi connectivity index (χ3v) is 5.04. The SMILES string of the molecule is Cc1cc(NC(C)c2ccccc2)nc(N2CCN(c3ccccn3)CC2)n1. The van der Waals surface area contributed by atoms with E-state index in [0.29, 0.717) is 0 Å². The third kappa shape index (κ3) is 4.22. The summed E-state index contributed by atoms with van der Waals surface area (Å²) in [6.07, 6.45) is 1.84. The van der Waals surface area contributed by atoms with Gasteiger partial charge in [-0.2, -0.15) is 4.98 Å². The Morgan fingerprint density at radius 1 is 0.893 bits per heavy atom. The Bertz CT molecular complexity index is 891. The first-order valence-electron chi connectivity index (χ1n) is 9.77. The largest absolute Gasteiger partial charge is 0.363 e. The van der Waals surface area contributed by atoms with Crippen molar-refractivity contribution in [1.29, 1.82) is 0 Å². The van der Waals surface area contributed by atoms with Gasteiger partial charge in [-0.05, 0) is 31.5 Å². The molecule has 0 bridgehead atoms. The number of aryl methyl sites for hydroxylation is 1. The fraction of sp³-hybridized carbons (Fsp3) is 0.318. The molecular weight excluding hydrogens is 348 g/mol. The lowest BCUT2D eigenvalue weighted by molar-refractivity contribution is 0.634. The number of nitrogens with zero attached hydrogens (tertiary/aromatic N) is 5. The molecule has 2 aromatic heterocycles. The van der Waals surface area contributed by atoms with E-state index in [9.17, 15) is 0 Å². The van der Waals surface area contributed by atoms with Gasteiger partial charge in [-0.25, -0.2) is 9.97 Å². The minimum absolute atomic E-state index is 0.185. The first-order chi connectivity index (χ1) is 13.7. The monoisotopic (exact) mass is 374 g/mol. The van der Waals surface area contributed by atoms with Crippen LogP contribution in [0.2, 0.25) is 0 Å². The highest BCUT2D eigenvalue weighted by molar-refractivity contribution is 5.47. The second-order valence-corrected chi connectivity index (χ2v) is 7.13. The van der Waals surface area contributed by atoms with Crippen LogP contribution >= 0.6 is 0 Å². The van der Waals surface area contributed by atoms with E-state index in [-0.39, 0.29) is 6.04 Å². The van der Waals surface area contributed by atoms with Gasteiger partial charge >= 0.3 is 0 Å². The van der Waals surface area contributed by atoms with Gasteiger partial charge in [0.25, 0.3) is 0 Å². The molecule has 1 aliphatic heterocycles. The van der Waals surface area contributed by atoms with Crippen LogP contribution in [-0.2, 0) is 0 Å². The Balaban J connectivity index is 1.44. The van der Waals surface area contributed by atoms with E-state index in [4.69, 9.17) is 4.98 Å². The van der Waals surface area contributed by atoms with Gasteiger partial charge in [-0.3, -0.25) is 0 Å². The number of anilines is 3. The molecule has 1 aromatic carbocycles. The van der Waals surface area contributed by atoms with Crippen molar-refractivity contribution in [2.45, 2.75) is 19.9 Å². The van der Waals surface area contributed by atoms with Gasteiger partial charge in [0, 0.05) is 50.2 Å². The van der Waals surface area contributed by atoms with Crippen molar-refractivity contribution in [3.8, 4) is 0 Å². The highest BCUT2D eigenvalue weighted by Crippen LogP contribution is 2.21. The summed E-state index contributed by atoms with van der Waals surface area (Å²) in [5, 5.41) is 3.51. The molecule has 144 valence electrons. The Morgan fingerprint density at radius 2 is 1.61 bits per heavy atom. The quantitative estimate of drug-likeness (QED) is 0.735. The highest BCUT2D eigenvalue weighted by atomic mass is 15.3. The molecule has 3 heterocycles. The minimum atomic E-state index is 0.185. The van der Waals surface area contributed by atoms with E-state index >= 15 is 0 Å². The van der Waals surface area contributed by atoms with Crippen molar-refractivity contribution in [1.82, 2.24) is 15.0 Å². The molecule has 1 atom stereocenters. The van der Waals surface area contributed by atoms with Gasteiger partial charge in [-0.15, -0.1) is 0 Å². The number of aromatic nitrogens is 3. The minimum Gasteiger partial charge on any atom is -0.363 e. The van der Waals surface area contributed by atoms with Crippen molar-refractivity contribution in [2.75, 3.05) is 41.3 Å². The molecule has 0 aliphatic carbocycles. The molecule has 0 radical (unpaired) electrons. The van der Waals surface area contributed by atoms with Crippen LogP contribution in [0.15, 0.2) is 60.8 Å². The smallest absolute Gasteiger partial charge is 0.227 e. The molecule has 28 heavy (non-hydrogen) atoms.